The molecule has 0 aromatic heterocycles. The van der Waals surface area contributed by atoms with Gasteiger partial charge in [-0.1, -0.05) is 15.9 Å². The van der Waals surface area contributed by atoms with E-state index in [-0.39, 0.29) is 22.0 Å². The molecule has 2 rings (SSSR count). The first kappa shape index (κ1) is 12.4. The lowest BCUT2D eigenvalue weighted by Crippen LogP contribution is -2.40. The van der Waals surface area contributed by atoms with E-state index < -0.39 is 5.82 Å². The molecule has 0 saturated carbocycles. The van der Waals surface area contributed by atoms with Crippen LogP contribution in [0.1, 0.15) is 23.2 Å². The van der Waals surface area contributed by atoms with Gasteiger partial charge in [-0.2, -0.15) is 0 Å². The van der Waals surface area contributed by atoms with Gasteiger partial charge in [-0.3, -0.25) is 4.79 Å². The minimum atomic E-state index is -0.515. The average molecular weight is 302 g/mol. The van der Waals surface area contributed by atoms with Crippen molar-refractivity contribution in [1.82, 2.24) is 4.90 Å². The first-order valence-electron chi connectivity index (χ1n) is 5.50. The van der Waals surface area contributed by atoms with Crippen LogP contribution in [0.25, 0.3) is 0 Å². The predicted octanol–water partition coefficient (Wildman–Crippen LogP) is 2.53. The second-order valence-electron chi connectivity index (χ2n) is 4.15. The molecular formula is C12H13BrFNO2. The van der Waals surface area contributed by atoms with E-state index in [0.717, 1.165) is 25.0 Å². The highest BCUT2D eigenvalue weighted by Gasteiger charge is 2.24. The number of amides is 1. The highest BCUT2D eigenvalue weighted by atomic mass is 79.9. The Kier molecular flexibility index (Phi) is 3.66. The van der Waals surface area contributed by atoms with E-state index in [2.05, 4.69) is 15.9 Å². The molecule has 1 N–H and O–H groups in total. The molecule has 1 atom stereocenters. The van der Waals surface area contributed by atoms with E-state index in [1.807, 2.05) is 0 Å². The lowest BCUT2D eigenvalue weighted by Gasteiger charge is -2.30. The molecule has 0 bridgehead atoms. The third-order valence-electron chi connectivity index (χ3n) is 2.84. The van der Waals surface area contributed by atoms with Crippen LogP contribution < -0.4 is 0 Å². The summed E-state index contributed by atoms with van der Waals surface area (Å²) in [4.78, 5) is 14.0. The van der Waals surface area contributed by atoms with Crippen molar-refractivity contribution < 1.29 is 14.3 Å². The van der Waals surface area contributed by atoms with Gasteiger partial charge in [0.1, 0.15) is 11.6 Å². The zero-order valence-corrected chi connectivity index (χ0v) is 10.8. The van der Waals surface area contributed by atoms with Crippen LogP contribution in [0.2, 0.25) is 0 Å². The van der Waals surface area contributed by atoms with Gasteiger partial charge in [-0.05, 0) is 31.0 Å². The van der Waals surface area contributed by atoms with E-state index in [1.165, 1.54) is 6.07 Å². The molecule has 0 radical (unpaired) electrons. The molecule has 0 spiro atoms. The Morgan fingerprint density at radius 3 is 3.00 bits per heavy atom. The van der Waals surface area contributed by atoms with Crippen molar-refractivity contribution in [2.45, 2.75) is 17.7 Å². The minimum Gasteiger partial charge on any atom is -0.507 e. The lowest BCUT2D eigenvalue weighted by atomic mass is 10.1. The quantitative estimate of drug-likeness (QED) is 0.810. The Bertz CT molecular complexity index is 439. The summed E-state index contributed by atoms with van der Waals surface area (Å²) in [5.74, 6) is -1.00. The highest BCUT2D eigenvalue weighted by Crippen LogP contribution is 2.23. The summed E-state index contributed by atoms with van der Waals surface area (Å²) < 4.78 is 13.1. The van der Waals surface area contributed by atoms with E-state index >= 15 is 0 Å². The number of phenols is 1. The first-order valence-corrected chi connectivity index (χ1v) is 6.41. The molecule has 5 heteroatoms. The number of piperidine rings is 1. The Balaban J connectivity index is 2.21. The predicted molar refractivity (Wildman–Crippen MR) is 65.9 cm³/mol. The van der Waals surface area contributed by atoms with E-state index in [9.17, 15) is 14.3 Å². The molecule has 1 aromatic carbocycles. The summed E-state index contributed by atoms with van der Waals surface area (Å²) in [6.45, 7) is 1.24. The highest BCUT2D eigenvalue weighted by molar-refractivity contribution is 9.09. The summed E-state index contributed by atoms with van der Waals surface area (Å²) in [5.41, 5.74) is 0.0339. The second-order valence-corrected chi connectivity index (χ2v) is 5.45. The normalized spacial score (nSPS) is 20.4. The Hall–Kier alpha value is -1.10. The van der Waals surface area contributed by atoms with Crippen LogP contribution in [0.15, 0.2) is 18.2 Å². The molecule has 1 aromatic rings. The van der Waals surface area contributed by atoms with E-state index in [1.54, 1.807) is 4.90 Å². The van der Waals surface area contributed by atoms with Gasteiger partial charge >= 0.3 is 0 Å². The van der Waals surface area contributed by atoms with Crippen LogP contribution in [0.5, 0.6) is 5.75 Å². The van der Waals surface area contributed by atoms with E-state index in [0.29, 0.717) is 13.1 Å². The number of alkyl halides is 1. The smallest absolute Gasteiger partial charge is 0.257 e. The van der Waals surface area contributed by atoms with Gasteiger partial charge in [0.15, 0.2) is 0 Å². The van der Waals surface area contributed by atoms with Gasteiger partial charge in [-0.25, -0.2) is 4.39 Å². The molecule has 1 unspecified atom stereocenters. The third kappa shape index (κ3) is 2.77. The molecule has 17 heavy (non-hydrogen) atoms. The molecule has 1 saturated heterocycles. The molecule has 1 heterocycles. The van der Waals surface area contributed by atoms with Crippen LogP contribution in [0.4, 0.5) is 4.39 Å². The number of hydrogen-bond donors (Lipinski definition) is 1. The van der Waals surface area contributed by atoms with Gasteiger partial charge in [0.2, 0.25) is 0 Å². The number of carbonyl (C=O) groups excluding carboxylic acids is 1. The Morgan fingerprint density at radius 2 is 2.29 bits per heavy atom. The zero-order valence-electron chi connectivity index (χ0n) is 9.20. The van der Waals surface area contributed by atoms with Gasteiger partial charge in [-0.15, -0.1) is 0 Å². The van der Waals surface area contributed by atoms with Crippen LogP contribution in [-0.4, -0.2) is 33.8 Å². The molecule has 3 nitrogen and oxygen atoms in total. The maximum Gasteiger partial charge on any atom is 0.257 e. The number of aromatic hydroxyl groups is 1. The summed E-state index contributed by atoms with van der Waals surface area (Å²) in [6.07, 6.45) is 1.94. The number of likely N-dealkylation sites (tertiary alicyclic amines) is 1. The monoisotopic (exact) mass is 301 g/mol. The number of rotatable bonds is 1. The number of benzene rings is 1. The standard InChI is InChI=1S/C12H13BrFNO2/c13-8-2-1-5-15(7-8)12(17)10-6-9(14)3-4-11(10)16/h3-4,6,8,16H,1-2,5,7H2. The summed E-state index contributed by atoms with van der Waals surface area (Å²) >= 11 is 3.47. The fourth-order valence-electron chi connectivity index (χ4n) is 1.96. The van der Waals surface area contributed by atoms with Crippen molar-refractivity contribution in [3.63, 3.8) is 0 Å². The SMILES string of the molecule is O=C(c1cc(F)ccc1O)N1CCCC(Br)C1. The minimum absolute atomic E-state index is 0.0339. The topological polar surface area (TPSA) is 40.5 Å². The van der Waals surface area contributed by atoms with Gasteiger partial charge in [0, 0.05) is 17.9 Å². The zero-order chi connectivity index (χ0) is 12.4. The van der Waals surface area contributed by atoms with Crippen molar-refractivity contribution in [2.24, 2.45) is 0 Å². The molecular weight excluding hydrogens is 289 g/mol. The summed E-state index contributed by atoms with van der Waals surface area (Å²) in [6, 6.07) is 3.42. The Labute approximate surface area is 107 Å². The fraction of sp³-hybridized carbons (Fsp3) is 0.417. The molecule has 92 valence electrons. The number of carbonyl (C=O) groups is 1. The molecule has 1 aliphatic heterocycles. The second kappa shape index (κ2) is 5.04. The van der Waals surface area contributed by atoms with Crippen LogP contribution >= 0.6 is 15.9 Å². The van der Waals surface area contributed by atoms with Gasteiger partial charge < -0.3 is 10.0 Å². The van der Waals surface area contributed by atoms with Crippen molar-refractivity contribution in [2.75, 3.05) is 13.1 Å². The third-order valence-corrected chi connectivity index (χ3v) is 3.59. The lowest BCUT2D eigenvalue weighted by molar-refractivity contribution is 0.0726. The van der Waals surface area contributed by atoms with Crippen LogP contribution in [0.3, 0.4) is 0 Å². The molecule has 1 fully saturated rings. The molecule has 1 amide bonds. The first-order chi connectivity index (χ1) is 8.08. The van der Waals surface area contributed by atoms with Crippen LogP contribution in [0, 0.1) is 5.82 Å². The van der Waals surface area contributed by atoms with Crippen LogP contribution in [-0.2, 0) is 0 Å². The van der Waals surface area contributed by atoms with Crippen molar-refractivity contribution in [3.05, 3.63) is 29.6 Å². The fourth-order valence-corrected chi connectivity index (χ4v) is 2.63. The number of hydrogen-bond acceptors (Lipinski definition) is 2. The number of nitrogens with zero attached hydrogens (tertiary/aromatic N) is 1. The van der Waals surface area contributed by atoms with Crippen molar-refractivity contribution in [3.8, 4) is 5.75 Å². The number of halogens is 2. The van der Waals surface area contributed by atoms with Crippen molar-refractivity contribution >= 4 is 21.8 Å². The molecule has 1 aliphatic rings. The Morgan fingerprint density at radius 1 is 1.53 bits per heavy atom. The van der Waals surface area contributed by atoms with E-state index in [4.69, 9.17) is 0 Å². The van der Waals surface area contributed by atoms with Crippen molar-refractivity contribution in [1.29, 1.82) is 0 Å². The summed E-state index contributed by atoms with van der Waals surface area (Å²) in [7, 11) is 0. The molecule has 0 aliphatic carbocycles. The maximum absolute atomic E-state index is 13.1. The van der Waals surface area contributed by atoms with Gasteiger partial charge in [0.05, 0.1) is 5.56 Å². The summed E-state index contributed by atoms with van der Waals surface area (Å²) in [5, 5.41) is 9.58. The maximum atomic E-state index is 13.1. The van der Waals surface area contributed by atoms with Gasteiger partial charge in [0.25, 0.3) is 5.91 Å². The largest absolute Gasteiger partial charge is 0.507 e. The number of phenolic OH excluding ortho intramolecular Hbond substituents is 1. The average Bonchev–Trinajstić information content (AvgIpc) is 2.31.